The number of cyclic esters (lactones) is 1. The predicted octanol–water partition coefficient (Wildman–Crippen LogP) is 3.77. The first kappa shape index (κ1) is 18.2. The van der Waals surface area contributed by atoms with Crippen molar-refractivity contribution in [2.45, 2.75) is 40.2 Å². The topological polar surface area (TPSA) is 57.5 Å². The van der Waals surface area contributed by atoms with Crippen LogP contribution in [0.1, 0.15) is 39.0 Å². The van der Waals surface area contributed by atoms with Crippen LogP contribution in [0.2, 0.25) is 0 Å². The SMILES string of the molecule is CCOC(=O)[C@H]1C(=C(C)C)C(=O)O[C@@]1(C)c1c(C)n(C)c2ccccc12. The van der Waals surface area contributed by atoms with Gasteiger partial charge in [0.15, 0.2) is 5.60 Å². The van der Waals surface area contributed by atoms with Crippen molar-refractivity contribution >= 4 is 22.8 Å². The minimum atomic E-state index is -1.11. The van der Waals surface area contributed by atoms with Gasteiger partial charge >= 0.3 is 11.9 Å². The first-order valence-corrected chi connectivity index (χ1v) is 8.85. The number of para-hydroxylation sites is 1. The number of benzene rings is 1. The Kier molecular flexibility index (Phi) is 4.42. The zero-order valence-electron chi connectivity index (χ0n) is 16.2. The summed E-state index contributed by atoms with van der Waals surface area (Å²) in [6, 6.07) is 7.94. The zero-order valence-corrected chi connectivity index (χ0v) is 16.2. The van der Waals surface area contributed by atoms with Gasteiger partial charge in [-0.25, -0.2) is 4.79 Å². The molecule has 26 heavy (non-hydrogen) atoms. The molecular formula is C21H25NO4. The summed E-state index contributed by atoms with van der Waals surface area (Å²) in [6.45, 7) is 9.46. The molecule has 1 fully saturated rings. The molecule has 0 saturated carbocycles. The van der Waals surface area contributed by atoms with E-state index < -0.39 is 23.5 Å². The lowest BCUT2D eigenvalue weighted by Gasteiger charge is -2.29. The normalized spacial score (nSPS) is 22.6. The molecule has 1 aromatic carbocycles. The van der Waals surface area contributed by atoms with E-state index in [0.717, 1.165) is 27.7 Å². The summed E-state index contributed by atoms with van der Waals surface area (Å²) < 4.78 is 13.3. The Labute approximate surface area is 153 Å². The number of nitrogens with zero attached hydrogens (tertiary/aromatic N) is 1. The molecule has 5 heteroatoms. The van der Waals surface area contributed by atoms with Crippen LogP contribution in [-0.4, -0.2) is 23.1 Å². The lowest BCUT2D eigenvalue weighted by atomic mass is 9.78. The van der Waals surface area contributed by atoms with Crippen LogP contribution < -0.4 is 0 Å². The van der Waals surface area contributed by atoms with Gasteiger partial charge in [0, 0.05) is 29.2 Å². The van der Waals surface area contributed by atoms with Crippen molar-refractivity contribution in [3.05, 3.63) is 46.7 Å². The molecule has 5 nitrogen and oxygen atoms in total. The van der Waals surface area contributed by atoms with E-state index in [4.69, 9.17) is 9.47 Å². The minimum Gasteiger partial charge on any atom is -0.465 e. The number of aromatic nitrogens is 1. The first-order chi connectivity index (χ1) is 12.2. The van der Waals surface area contributed by atoms with Gasteiger partial charge in [-0.05, 0) is 40.7 Å². The van der Waals surface area contributed by atoms with Gasteiger partial charge in [-0.3, -0.25) is 4.79 Å². The monoisotopic (exact) mass is 355 g/mol. The van der Waals surface area contributed by atoms with Crippen molar-refractivity contribution in [3.63, 3.8) is 0 Å². The molecule has 2 heterocycles. The van der Waals surface area contributed by atoms with Crippen LogP contribution in [0, 0.1) is 12.8 Å². The molecule has 138 valence electrons. The Balaban J connectivity index is 2.32. The molecule has 0 unspecified atom stereocenters. The van der Waals surface area contributed by atoms with Gasteiger partial charge in [-0.1, -0.05) is 23.8 Å². The van der Waals surface area contributed by atoms with E-state index >= 15 is 0 Å². The highest BCUT2D eigenvalue weighted by Crippen LogP contribution is 2.49. The molecule has 0 spiro atoms. The highest BCUT2D eigenvalue weighted by atomic mass is 16.6. The Hall–Kier alpha value is -2.56. The molecule has 1 aromatic heterocycles. The van der Waals surface area contributed by atoms with Crippen LogP contribution in [-0.2, 0) is 31.7 Å². The van der Waals surface area contributed by atoms with Gasteiger partial charge in [0.2, 0.25) is 0 Å². The molecule has 2 atom stereocenters. The first-order valence-electron chi connectivity index (χ1n) is 8.85. The number of fused-ring (bicyclic) bond motifs is 1. The van der Waals surface area contributed by atoms with Gasteiger partial charge in [0.1, 0.15) is 5.92 Å². The van der Waals surface area contributed by atoms with Crippen LogP contribution in [0.5, 0.6) is 0 Å². The maximum absolute atomic E-state index is 12.9. The van der Waals surface area contributed by atoms with Crippen molar-refractivity contribution in [3.8, 4) is 0 Å². The Bertz CT molecular complexity index is 933. The molecule has 1 aliphatic rings. The summed E-state index contributed by atoms with van der Waals surface area (Å²) in [5.74, 6) is -1.66. The molecule has 1 aliphatic heterocycles. The Morgan fingerprint density at radius 1 is 1.31 bits per heavy atom. The summed E-state index contributed by atoms with van der Waals surface area (Å²) in [5.41, 5.74) is 2.92. The van der Waals surface area contributed by atoms with E-state index in [9.17, 15) is 9.59 Å². The minimum absolute atomic E-state index is 0.254. The second kappa shape index (κ2) is 6.31. The zero-order chi connectivity index (χ0) is 19.2. The number of ether oxygens (including phenoxy) is 2. The highest BCUT2D eigenvalue weighted by Gasteiger charge is 2.57. The fourth-order valence-corrected chi connectivity index (χ4v) is 4.10. The second-order valence-corrected chi connectivity index (χ2v) is 7.13. The fourth-order valence-electron chi connectivity index (χ4n) is 4.10. The predicted molar refractivity (Wildman–Crippen MR) is 99.6 cm³/mol. The molecule has 0 amide bonds. The molecule has 0 radical (unpaired) electrons. The van der Waals surface area contributed by atoms with Crippen molar-refractivity contribution in [2.75, 3.05) is 6.61 Å². The molecule has 1 saturated heterocycles. The lowest BCUT2D eigenvalue weighted by molar-refractivity contribution is -0.157. The average molecular weight is 355 g/mol. The number of hydrogen-bond acceptors (Lipinski definition) is 4. The number of aryl methyl sites for hydroxylation is 1. The Morgan fingerprint density at radius 3 is 2.58 bits per heavy atom. The lowest BCUT2D eigenvalue weighted by Crippen LogP contribution is -2.36. The Morgan fingerprint density at radius 2 is 1.96 bits per heavy atom. The van der Waals surface area contributed by atoms with Crippen molar-refractivity contribution in [1.29, 1.82) is 0 Å². The summed E-state index contributed by atoms with van der Waals surface area (Å²) in [7, 11) is 1.97. The van der Waals surface area contributed by atoms with Gasteiger partial charge in [-0.2, -0.15) is 0 Å². The summed E-state index contributed by atoms with van der Waals surface area (Å²) in [4.78, 5) is 25.5. The third-order valence-corrected chi connectivity index (χ3v) is 5.32. The van der Waals surface area contributed by atoms with Crippen molar-refractivity contribution in [2.24, 2.45) is 13.0 Å². The largest absolute Gasteiger partial charge is 0.465 e. The summed E-state index contributed by atoms with van der Waals surface area (Å²) in [5, 5.41) is 0.979. The van der Waals surface area contributed by atoms with Gasteiger partial charge in [0.25, 0.3) is 0 Å². The van der Waals surface area contributed by atoms with Crippen LogP contribution in [0.25, 0.3) is 10.9 Å². The molecule has 2 aromatic rings. The smallest absolute Gasteiger partial charge is 0.335 e. The van der Waals surface area contributed by atoms with Crippen LogP contribution in [0.15, 0.2) is 35.4 Å². The van der Waals surface area contributed by atoms with E-state index in [2.05, 4.69) is 4.57 Å². The number of rotatable bonds is 3. The van der Waals surface area contributed by atoms with Gasteiger partial charge in [0.05, 0.1) is 12.2 Å². The molecule has 0 bridgehead atoms. The van der Waals surface area contributed by atoms with E-state index in [-0.39, 0.29) is 6.61 Å². The molecule has 0 N–H and O–H groups in total. The number of esters is 2. The maximum atomic E-state index is 12.9. The molecule has 3 rings (SSSR count). The maximum Gasteiger partial charge on any atom is 0.335 e. The molecule has 0 aliphatic carbocycles. The molecular weight excluding hydrogens is 330 g/mol. The van der Waals surface area contributed by atoms with E-state index in [1.54, 1.807) is 6.92 Å². The third kappa shape index (κ3) is 2.45. The van der Waals surface area contributed by atoms with Gasteiger partial charge < -0.3 is 14.0 Å². The average Bonchev–Trinajstić information content (AvgIpc) is 3.00. The highest BCUT2D eigenvalue weighted by molar-refractivity contribution is 6.01. The number of allylic oxidation sites excluding steroid dienone is 1. The van der Waals surface area contributed by atoms with Gasteiger partial charge in [-0.15, -0.1) is 0 Å². The van der Waals surface area contributed by atoms with Crippen LogP contribution >= 0.6 is 0 Å². The van der Waals surface area contributed by atoms with Crippen molar-refractivity contribution < 1.29 is 19.1 Å². The van der Waals surface area contributed by atoms with Crippen LogP contribution in [0.4, 0.5) is 0 Å². The quantitative estimate of drug-likeness (QED) is 0.621. The standard InChI is InChI=1S/C21H25NO4/c1-7-25-20(24)18-16(12(2)3)19(23)26-21(18,5)17-13(4)22(6)15-11-9-8-10-14(15)17/h8-11,18H,7H2,1-6H3/t18-,21+/m1/s1. The summed E-state index contributed by atoms with van der Waals surface area (Å²) in [6.07, 6.45) is 0. The van der Waals surface area contributed by atoms with E-state index in [1.807, 2.05) is 59.0 Å². The van der Waals surface area contributed by atoms with Crippen LogP contribution in [0.3, 0.4) is 0 Å². The number of hydrogen-bond donors (Lipinski definition) is 0. The van der Waals surface area contributed by atoms with E-state index in [0.29, 0.717) is 5.57 Å². The van der Waals surface area contributed by atoms with E-state index in [1.165, 1.54) is 0 Å². The van der Waals surface area contributed by atoms with Crippen molar-refractivity contribution in [1.82, 2.24) is 4.57 Å². The fraction of sp³-hybridized carbons (Fsp3) is 0.429. The number of carbonyl (C=O) groups excluding carboxylic acids is 2. The summed E-state index contributed by atoms with van der Waals surface area (Å²) >= 11 is 0. The number of carbonyl (C=O) groups is 2. The third-order valence-electron chi connectivity index (χ3n) is 5.32. The second-order valence-electron chi connectivity index (χ2n) is 7.13.